The average molecular weight is 274 g/mol. The largest absolute Gasteiger partial charge is 0.350 e. The molecule has 102 valence electrons. The molecule has 0 fully saturated rings. The second-order valence-electron chi connectivity index (χ2n) is 4.33. The number of halogens is 1. The molecule has 1 heterocycles. The Morgan fingerprint density at radius 1 is 1.50 bits per heavy atom. The van der Waals surface area contributed by atoms with Gasteiger partial charge in [0.1, 0.15) is 5.69 Å². The van der Waals surface area contributed by atoms with Crippen LogP contribution in [0.2, 0.25) is 0 Å². The summed E-state index contributed by atoms with van der Waals surface area (Å²) in [4.78, 5) is 23.0. The molecule has 0 aliphatic heterocycles. The van der Waals surface area contributed by atoms with Gasteiger partial charge in [-0.1, -0.05) is 6.92 Å². The van der Waals surface area contributed by atoms with Gasteiger partial charge < -0.3 is 15.6 Å². The molecular formula is C12H20ClN3O2. The molecule has 0 bridgehead atoms. The molecule has 0 aliphatic carbocycles. The van der Waals surface area contributed by atoms with Crippen LogP contribution in [-0.2, 0) is 7.05 Å². The Hall–Kier alpha value is -1.33. The molecule has 1 atom stereocenters. The molecule has 1 rings (SSSR count). The predicted molar refractivity (Wildman–Crippen MR) is 73.2 cm³/mol. The number of aryl methyl sites for hydroxylation is 1. The molecule has 18 heavy (non-hydrogen) atoms. The summed E-state index contributed by atoms with van der Waals surface area (Å²) in [5.41, 5.74) is 6.50. The molecule has 1 aromatic heterocycles. The lowest BCUT2D eigenvalue weighted by Gasteiger charge is -2.10. The van der Waals surface area contributed by atoms with Crippen molar-refractivity contribution in [2.45, 2.75) is 13.8 Å². The summed E-state index contributed by atoms with van der Waals surface area (Å²) < 4.78 is 1.65. The quantitative estimate of drug-likeness (QED) is 0.785. The molecule has 0 spiro atoms. The zero-order chi connectivity index (χ0) is 13.0. The molecule has 0 aromatic carbocycles. The van der Waals surface area contributed by atoms with Crippen molar-refractivity contribution >= 4 is 24.1 Å². The van der Waals surface area contributed by atoms with Gasteiger partial charge in [0.25, 0.3) is 5.91 Å². The molecule has 0 saturated carbocycles. The fraction of sp³-hybridized carbons (Fsp3) is 0.500. The minimum Gasteiger partial charge on any atom is -0.350 e. The lowest BCUT2D eigenvalue weighted by atomic mass is 10.2. The van der Waals surface area contributed by atoms with Crippen LogP contribution < -0.4 is 11.1 Å². The molecule has 0 aliphatic rings. The monoisotopic (exact) mass is 273 g/mol. The van der Waals surface area contributed by atoms with Crippen molar-refractivity contribution < 1.29 is 9.59 Å². The number of aromatic nitrogens is 1. The molecule has 1 amide bonds. The fourth-order valence-corrected chi connectivity index (χ4v) is 1.42. The summed E-state index contributed by atoms with van der Waals surface area (Å²) in [6.07, 6.45) is 1.66. The van der Waals surface area contributed by atoms with Gasteiger partial charge in [0.2, 0.25) is 0 Å². The number of Topliss-reactive ketones (excluding diaryl/α,β-unsaturated/α-hetero) is 1. The van der Waals surface area contributed by atoms with E-state index < -0.39 is 0 Å². The smallest absolute Gasteiger partial charge is 0.267 e. The van der Waals surface area contributed by atoms with Crippen LogP contribution in [0.25, 0.3) is 0 Å². The van der Waals surface area contributed by atoms with Gasteiger partial charge in [-0.05, 0) is 25.5 Å². The number of nitrogens with zero attached hydrogens (tertiary/aromatic N) is 1. The molecule has 0 radical (unpaired) electrons. The summed E-state index contributed by atoms with van der Waals surface area (Å²) in [7, 11) is 1.74. The van der Waals surface area contributed by atoms with Crippen molar-refractivity contribution in [3.63, 3.8) is 0 Å². The first-order valence-electron chi connectivity index (χ1n) is 5.61. The highest BCUT2D eigenvalue weighted by atomic mass is 35.5. The Balaban J connectivity index is 0.00000289. The number of rotatable bonds is 5. The summed E-state index contributed by atoms with van der Waals surface area (Å²) in [6, 6.07) is 1.60. The van der Waals surface area contributed by atoms with Crippen molar-refractivity contribution in [1.82, 2.24) is 9.88 Å². The third-order valence-electron chi connectivity index (χ3n) is 2.66. The van der Waals surface area contributed by atoms with Gasteiger partial charge >= 0.3 is 0 Å². The van der Waals surface area contributed by atoms with Crippen LogP contribution in [0.15, 0.2) is 12.3 Å². The fourth-order valence-electron chi connectivity index (χ4n) is 1.42. The first-order chi connectivity index (χ1) is 7.95. The van der Waals surface area contributed by atoms with E-state index >= 15 is 0 Å². The number of nitrogens with one attached hydrogen (secondary N) is 1. The number of carbonyl (C=O) groups is 2. The standard InChI is InChI=1S/C12H19N3O2.ClH/c1-8(5-13)6-14-12(17)11-4-10(9(2)16)7-15(11)3;/h4,7-8H,5-6,13H2,1-3H3,(H,14,17);1H. The van der Waals surface area contributed by atoms with Crippen molar-refractivity contribution in [3.05, 3.63) is 23.5 Å². The minimum absolute atomic E-state index is 0. The van der Waals surface area contributed by atoms with E-state index in [9.17, 15) is 9.59 Å². The Morgan fingerprint density at radius 3 is 2.56 bits per heavy atom. The third kappa shape index (κ3) is 4.16. The van der Waals surface area contributed by atoms with E-state index in [4.69, 9.17) is 5.73 Å². The molecular weight excluding hydrogens is 254 g/mol. The highest BCUT2D eigenvalue weighted by Gasteiger charge is 2.13. The van der Waals surface area contributed by atoms with Crippen molar-refractivity contribution in [2.75, 3.05) is 13.1 Å². The Bertz CT molecular complexity index is 429. The van der Waals surface area contributed by atoms with E-state index in [0.717, 1.165) is 0 Å². The number of nitrogens with two attached hydrogens (primary N) is 1. The van der Waals surface area contributed by atoms with Crippen LogP contribution in [0, 0.1) is 5.92 Å². The summed E-state index contributed by atoms with van der Waals surface area (Å²) in [5, 5.41) is 2.79. The third-order valence-corrected chi connectivity index (χ3v) is 2.66. The first kappa shape index (κ1) is 16.7. The van der Waals surface area contributed by atoms with E-state index in [1.165, 1.54) is 6.92 Å². The predicted octanol–water partition coefficient (Wildman–Crippen LogP) is 0.974. The van der Waals surface area contributed by atoms with Crippen molar-refractivity contribution in [1.29, 1.82) is 0 Å². The maximum atomic E-state index is 11.8. The molecule has 6 heteroatoms. The van der Waals surface area contributed by atoms with Gasteiger partial charge in [-0.2, -0.15) is 0 Å². The average Bonchev–Trinajstić information content (AvgIpc) is 2.68. The highest BCUT2D eigenvalue weighted by molar-refractivity contribution is 5.99. The number of hydrogen-bond donors (Lipinski definition) is 2. The van der Waals surface area contributed by atoms with Crippen molar-refractivity contribution in [3.8, 4) is 0 Å². The van der Waals surface area contributed by atoms with Gasteiger partial charge in [-0.3, -0.25) is 9.59 Å². The van der Waals surface area contributed by atoms with Crippen LogP contribution in [0.1, 0.15) is 34.7 Å². The molecule has 3 N–H and O–H groups in total. The molecule has 0 saturated heterocycles. The first-order valence-corrected chi connectivity index (χ1v) is 5.61. The van der Waals surface area contributed by atoms with Gasteiger partial charge in [0, 0.05) is 25.4 Å². The number of amides is 1. The zero-order valence-corrected chi connectivity index (χ0v) is 11.7. The van der Waals surface area contributed by atoms with Gasteiger partial charge in [0.15, 0.2) is 5.78 Å². The van der Waals surface area contributed by atoms with Crippen LogP contribution in [0.5, 0.6) is 0 Å². The Morgan fingerprint density at radius 2 is 2.11 bits per heavy atom. The maximum Gasteiger partial charge on any atom is 0.267 e. The van der Waals surface area contributed by atoms with Crippen molar-refractivity contribution in [2.24, 2.45) is 18.7 Å². The zero-order valence-electron chi connectivity index (χ0n) is 10.9. The van der Waals surface area contributed by atoms with Gasteiger partial charge in [-0.25, -0.2) is 0 Å². The SMILES string of the molecule is CC(=O)c1cc(C(=O)NCC(C)CN)n(C)c1.Cl. The second kappa shape index (κ2) is 7.18. The topological polar surface area (TPSA) is 77.1 Å². The van der Waals surface area contributed by atoms with E-state index in [1.807, 2.05) is 6.92 Å². The molecule has 1 unspecified atom stereocenters. The number of hydrogen-bond acceptors (Lipinski definition) is 3. The van der Waals surface area contributed by atoms with Crippen LogP contribution in [-0.4, -0.2) is 29.3 Å². The molecule has 5 nitrogen and oxygen atoms in total. The second-order valence-corrected chi connectivity index (χ2v) is 4.33. The summed E-state index contributed by atoms with van der Waals surface area (Å²) in [6.45, 7) is 4.52. The number of carbonyl (C=O) groups excluding carboxylic acids is 2. The van der Waals surface area contributed by atoms with Crippen LogP contribution in [0.3, 0.4) is 0 Å². The summed E-state index contributed by atoms with van der Waals surface area (Å²) >= 11 is 0. The Labute approximate surface area is 113 Å². The van der Waals surface area contributed by atoms with Gasteiger partial charge in [0.05, 0.1) is 0 Å². The van der Waals surface area contributed by atoms with E-state index in [-0.39, 0.29) is 30.0 Å². The molecule has 1 aromatic rings. The van der Waals surface area contributed by atoms with E-state index in [1.54, 1.807) is 23.9 Å². The lowest BCUT2D eigenvalue weighted by Crippen LogP contribution is -2.32. The van der Waals surface area contributed by atoms with E-state index in [0.29, 0.717) is 24.3 Å². The van der Waals surface area contributed by atoms with E-state index in [2.05, 4.69) is 5.32 Å². The lowest BCUT2D eigenvalue weighted by molar-refractivity contribution is 0.0940. The van der Waals surface area contributed by atoms with Gasteiger partial charge in [-0.15, -0.1) is 12.4 Å². The van der Waals surface area contributed by atoms with Crippen LogP contribution >= 0.6 is 12.4 Å². The highest BCUT2D eigenvalue weighted by Crippen LogP contribution is 2.08. The maximum absolute atomic E-state index is 11.8. The summed E-state index contributed by atoms with van der Waals surface area (Å²) in [5.74, 6) is 0.0155. The number of ketones is 1. The Kier molecular flexibility index (Phi) is 6.65. The minimum atomic E-state index is -0.180. The van der Waals surface area contributed by atoms with Crippen LogP contribution in [0.4, 0.5) is 0 Å². The normalized spacial score (nSPS) is 11.6.